The smallest absolute Gasteiger partial charge is 0.480 e. The van der Waals surface area contributed by atoms with Crippen LogP contribution in [0.2, 0.25) is 0 Å². The predicted molar refractivity (Wildman–Crippen MR) is 75.9 cm³/mol. The first-order chi connectivity index (χ1) is 10.6. The lowest BCUT2D eigenvalue weighted by molar-refractivity contribution is -0.274. The van der Waals surface area contributed by atoms with Gasteiger partial charge in [0.2, 0.25) is 5.91 Å². The first-order valence-corrected chi connectivity index (χ1v) is 6.96. The first kappa shape index (κ1) is 18.8. The van der Waals surface area contributed by atoms with Gasteiger partial charge in [0.15, 0.2) is 0 Å². The van der Waals surface area contributed by atoms with Crippen molar-refractivity contribution >= 4 is 11.9 Å². The summed E-state index contributed by atoms with van der Waals surface area (Å²) in [6.45, 7) is 3.29. The van der Waals surface area contributed by atoms with Crippen molar-refractivity contribution in [2.45, 2.75) is 39.1 Å². The molecule has 0 aliphatic rings. The van der Waals surface area contributed by atoms with Crippen LogP contribution in [-0.4, -0.2) is 29.4 Å². The Morgan fingerprint density at radius 3 is 2.39 bits per heavy atom. The topological polar surface area (TPSA) is 75.6 Å². The van der Waals surface area contributed by atoms with Gasteiger partial charge in [-0.15, -0.1) is 13.2 Å². The van der Waals surface area contributed by atoms with E-state index in [2.05, 4.69) is 10.1 Å². The molecule has 0 aromatic heterocycles. The Hall–Kier alpha value is -2.25. The third kappa shape index (κ3) is 6.58. The van der Waals surface area contributed by atoms with Crippen molar-refractivity contribution in [1.82, 2.24) is 5.32 Å². The van der Waals surface area contributed by atoms with Crippen LogP contribution < -0.4 is 10.1 Å². The van der Waals surface area contributed by atoms with Crippen LogP contribution >= 0.6 is 0 Å². The van der Waals surface area contributed by atoms with E-state index >= 15 is 0 Å². The van der Waals surface area contributed by atoms with E-state index in [1.54, 1.807) is 13.8 Å². The Morgan fingerprint density at radius 1 is 1.26 bits per heavy atom. The lowest BCUT2D eigenvalue weighted by Crippen LogP contribution is -2.44. The van der Waals surface area contributed by atoms with Gasteiger partial charge in [0, 0.05) is 6.42 Å². The average molecular weight is 333 g/mol. The zero-order valence-electron chi connectivity index (χ0n) is 12.7. The van der Waals surface area contributed by atoms with Gasteiger partial charge in [-0.2, -0.15) is 0 Å². The van der Waals surface area contributed by atoms with Gasteiger partial charge in [0.1, 0.15) is 11.8 Å². The summed E-state index contributed by atoms with van der Waals surface area (Å²) >= 11 is 0. The van der Waals surface area contributed by atoms with E-state index in [4.69, 9.17) is 5.11 Å². The highest BCUT2D eigenvalue weighted by Crippen LogP contribution is 2.26. The molecule has 0 aliphatic carbocycles. The number of rotatable bonds is 7. The summed E-state index contributed by atoms with van der Waals surface area (Å²) in [4.78, 5) is 22.8. The van der Waals surface area contributed by atoms with Gasteiger partial charge < -0.3 is 15.2 Å². The second kappa shape index (κ2) is 7.85. The number of alkyl halides is 3. The van der Waals surface area contributed by atoms with E-state index in [-0.39, 0.29) is 30.1 Å². The number of aliphatic carboxylic acids is 1. The summed E-state index contributed by atoms with van der Waals surface area (Å²) in [6.07, 6.45) is -4.96. The maximum Gasteiger partial charge on any atom is 0.573 e. The largest absolute Gasteiger partial charge is 0.573 e. The SMILES string of the molecule is CC(C)[C@H](NC(=O)CCc1ccccc1OC(F)(F)F)C(=O)O. The minimum Gasteiger partial charge on any atom is -0.480 e. The number of carbonyl (C=O) groups is 2. The summed E-state index contributed by atoms with van der Waals surface area (Å²) in [5.41, 5.74) is 0.219. The molecule has 0 spiro atoms. The highest BCUT2D eigenvalue weighted by atomic mass is 19.4. The van der Waals surface area contributed by atoms with Crippen LogP contribution in [0.4, 0.5) is 13.2 Å². The van der Waals surface area contributed by atoms with E-state index in [1.165, 1.54) is 18.2 Å². The minimum atomic E-state index is -4.82. The molecule has 128 valence electrons. The van der Waals surface area contributed by atoms with Crippen LogP contribution in [0.1, 0.15) is 25.8 Å². The molecule has 0 radical (unpaired) electrons. The molecule has 2 N–H and O–H groups in total. The number of carbonyl (C=O) groups excluding carboxylic acids is 1. The average Bonchev–Trinajstić information content (AvgIpc) is 2.41. The van der Waals surface area contributed by atoms with Crippen molar-refractivity contribution in [3.63, 3.8) is 0 Å². The van der Waals surface area contributed by atoms with Crippen molar-refractivity contribution in [2.75, 3.05) is 0 Å². The number of benzene rings is 1. The van der Waals surface area contributed by atoms with Crippen molar-refractivity contribution in [3.8, 4) is 5.75 Å². The van der Waals surface area contributed by atoms with Crippen molar-refractivity contribution in [2.24, 2.45) is 5.92 Å². The Balaban J connectivity index is 2.68. The number of carboxylic acids is 1. The molecule has 5 nitrogen and oxygen atoms in total. The van der Waals surface area contributed by atoms with E-state index < -0.39 is 24.3 Å². The Bertz CT molecular complexity index is 558. The maximum atomic E-state index is 12.3. The second-order valence-corrected chi connectivity index (χ2v) is 5.28. The molecule has 0 fully saturated rings. The molecular weight excluding hydrogens is 315 g/mol. The molecule has 1 aromatic rings. The fourth-order valence-corrected chi connectivity index (χ4v) is 1.94. The highest BCUT2D eigenvalue weighted by Gasteiger charge is 2.32. The van der Waals surface area contributed by atoms with Crippen molar-refractivity contribution < 1.29 is 32.6 Å². The van der Waals surface area contributed by atoms with Gasteiger partial charge >= 0.3 is 12.3 Å². The molecule has 0 heterocycles. The fourth-order valence-electron chi connectivity index (χ4n) is 1.94. The molecule has 8 heteroatoms. The van der Waals surface area contributed by atoms with Crippen LogP contribution in [0.5, 0.6) is 5.75 Å². The number of hydrogen-bond donors (Lipinski definition) is 2. The summed E-state index contributed by atoms with van der Waals surface area (Å²) < 4.78 is 40.8. The molecule has 1 atom stereocenters. The fraction of sp³-hybridized carbons (Fsp3) is 0.467. The Labute approximate surface area is 131 Å². The zero-order chi connectivity index (χ0) is 17.6. The third-order valence-electron chi connectivity index (χ3n) is 3.07. The Morgan fingerprint density at radius 2 is 1.87 bits per heavy atom. The number of halogens is 3. The lowest BCUT2D eigenvalue weighted by Gasteiger charge is -2.18. The van der Waals surface area contributed by atoms with E-state index in [9.17, 15) is 22.8 Å². The molecule has 0 bridgehead atoms. The van der Waals surface area contributed by atoms with Crippen LogP contribution in [0.25, 0.3) is 0 Å². The van der Waals surface area contributed by atoms with Crippen molar-refractivity contribution in [1.29, 1.82) is 0 Å². The quantitative estimate of drug-likeness (QED) is 0.804. The van der Waals surface area contributed by atoms with Crippen LogP contribution in [0.3, 0.4) is 0 Å². The monoisotopic (exact) mass is 333 g/mol. The molecule has 1 rings (SSSR count). The third-order valence-corrected chi connectivity index (χ3v) is 3.07. The minimum absolute atomic E-state index is 0.00250. The molecule has 23 heavy (non-hydrogen) atoms. The van der Waals surface area contributed by atoms with Gasteiger partial charge in [-0.3, -0.25) is 4.79 Å². The molecular formula is C15H18F3NO4. The van der Waals surface area contributed by atoms with Crippen LogP contribution in [-0.2, 0) is 16.0 Å². The number of para-hydroxylation sites is 1. The number of carboxylic acid groups (broad SMARTS) is 1. The molecule has 0 saturated heterocycles. The van der Waals surface area contributed by atoms with E-state index in [0.717, 1.165) is 6.07 Å². The molecule has 0 unspecified atom stereocenters. The summed E-state index contributed by atoms with van der Waals surface area (Å²) in [5.74, 6) is -2.38. The molecule has 0 saturated carbocycles. The molecule has 1 amide bonds. The van der Waals surface area contributed by atoms with Crippen LogP contribution in [0.15, 0.2) is 24.3 Å². The van der Waals surface area contributed by atoms with Gasteiger partial charge in [0.05, 0.1) is 0 Å². The van der Waals surface area contributed by atoms with Crippen molar-refractivity contribution in [3.05, 3.63) is 29.8 Å². The zero-order valence-corrected chi connectivity index (χ0v) is 12.7. The normalized spacial score (nSPS) is 12.8. The standard InChI is InChI=1S/C15H18F3NO4/c1-9(2)13(14(21)22)19-12(20)8-7-10-5-3-4-6-11(10)23-15(16,17)18/h3-6,9,13H,7-8H2,1-2H3,(H,19,20)(H,21,22)/t13-/m0/s1. The van der Waals surface area contributed by atoms with Crippen LogP contribution in [0, 0.1) is 5.92 Å². The lowest BCUT2D eigenvalue weighted by atomic mass is 10.0. The number of ether oxygens (including phenoxy) is 1. The number of amides is 1. The number of nitrogens with one attached hydrogen (secondary N) is 1. The van der Waals surface area contributed by atoms with Gasteiger partial charge in [0.25, 0.3) is 0 Å². The first-order valence-electron chi connectivity index (χ1n) is 6.96. The van der Waals surface area contributed by atoms with Gasteiger partial charge in [-0.05, 0) is 24.0 Å². The number of hydrogen-bond acceptors (Lipinski definition) is 3. The summed E-state index contributed by atoms with van der Waals surface area (Å²) in [6, 6.07) is 4.47. The predicted octanol–water partition coefficient (Wildman–Crippen LogP) is 2.74. The summed E-state index contributed by atoms with van der Waals surface area (Å²) in [7, 11) is 0. The van der Waals surface area contributed by atoms with Gasteiger partial charge in [-0.1, -0.05) is 32.0 Å². The van der Waals surface area contributed by atoms with E-state index in [0.29, 0.717) is 0 Å². The second-order valence-electron chi connectivity index (χ2n) is 5.28. The van der Waals surface area contributed by atoms with Gasteiger partial charge in [-0.25, -0.2) is 4.79 Å². The molecule has 1 aromatic carbocycles. The summed E-state index contributed by atoms with van der Waals surface area (Å²) in [5, 5.41) is 11.3. The number of aryl methyl sites for hydroxylation is 1. The highest BCUT2D eigenvalue weighted by molar-refractivity contribution is 5.83. The molecule has 0 aliphatic heterocycles. The maximum absolute atomic E-state index is 12.3. The van der Waals surface area contributed by atoms with E-state index in [1.807, 2.05) is 0 Å². The Kier molecular flexibility index (Phi) is 6.41.